The van der Waals surface area contributed by atoms with Crippen LogP contribution in [-0.2, 0) is 9.59 Å². The Morgan fingerprint density at radius 1 is 1.37 bits per heavy atom. The number of benzene rings is 1. The van der Waals surface area contributed by atoms with Crippen molar-refractivity contribution in [3.8, 4) is 0 Å². The first-order chi connectivity index (χ1) is 8.90. The summed E-state index contributed by atoms with van der Waals surface area (Å²) in [5.74, 6) is -4.27. The van der Waals surface area contributed by atoms with E-state index in [2.05, 4.69) is 0 Å². The average molecular weight is 271 g/mol. The van der Waals surface area contributed by atoms with Crippen molar-refractivity contribution in [3.05, 3.63) is 35.4 Å². The maximum Gasteiger partial charge on any atom is 0.331 e. The number of carbonyl (C=O) groups excluding carboxylic acids is 1. The topological polar surface area (TPSA) is 57.6 Å². The van der Waals surface area contributed by atoms with E-state index >= 15 is 0 Å². The van der Waals surface area contributed by atoms with E-state index in [1.807, 2.05) is 0 Å². The molecule has 19 heavy (non-hydrogen) atoms. The van der Waals surface area contributed by atoms with E-state index in [1.54, 1.807) is 6.92 Å². The largest absolute Gasteiger partial charge is 0.479 e. The van der Waals surface area contributed by atoms with Gasteiger partial charge in [0.05, 0.1) is 0 Å². The number of hydrogen-bond donors (Lipinski definition) is 1. The lowest BCUT2D eigenvalue weighted by molar-refractivity contribution is -0.150. The lowest BCUT2D eigenvalue weighted by atomic mass is 10.0. The van der Waals surface area contributed by atoms with E-state index < -0.39 is 29.6 Å². The first-order valence-electron chi connectivity index (χ1n) is 5.84. The molecule has 1 aromatic rings. The van der Waals surface area contributed by atoms with Gasteiger partial charge in [-0.2, -0.15) is 0 Å². The molecule has 1 N–H and O–H groups in total. The van der Waals surface area contributed by atoms with Crippen molar-refractivity contribution in [3.63, 3.8) is 0 Å². The van der Waals surface area contributed by atoms with Crippen molar-refractivity contribution < 1.29 is 23.5 Å². The Bertz CT molecular complexity index is 491. The molecule has 0 aromatic heterocycles. The quantitative estimate of drug-likeness (QED) is 0.894. The van der Waals surface area contributed by atoms with E-state index in [4.69, 9.17) is 0 Å². The summed E-state index contributed by atoms with van der Waals surface area (Å²) < 4.78 is 26.9. The second-order valence-corrected chi connectivity index (χ2v) is 4.10. The van der Waals surface area contributed by atoms with Gasteiger partial charge in [-0.3, -0.25) is 4.79 Å². The lowest BCUT2D eigenvalue weighted by Gasteiger charge is -2.28. The van der Waals surface area contributed by atoms with E-state index in [-0.39, 0.29) is 12.1 Å². The van der Waals surface area contributed by atoms with E-state index in [9.17, 15) is 23.5 Å². The van der Waals surface area contributed by atoms with Gasteiger partial charge in [-0.05, 0) is 12.5 Å². The molecule has 0 aliphatic carbocycles. The minimum Gasteiger partial charge on any atom is -0.479 e. The van der Waals surface area contributed by atoms with Crippen molar-refractivity contribution in [2.24, 2.45) is 0 Å². The van der Waals surface area contributed by atoms with Crippen LogP contribution in [0.2, 0.25) is 0 Å². The fraction of sp³-hybridized carbons (Fsp3) is 0.385. The molecule has 0 spiro atoms. The number of rotatable bonds is 5. The second kappa shape index (κ2) is 6.26. The van der Waals surface area contributed by atoms with Gasteiger partial charge in [0.25, 0.3) is 0 Å². The molecule has 0 saturated heterocycles. The van der Waals surface area contributed by atoms with Gasteiger partial charge in [0.2, 0.25) is 5.91 Å². The maximum absolute atomic E-state index is 13.7. The molecule has 0 aliphatic heterocycles. The second-order valence-electron chi connectivity index (χ2n) is 4.10. The zero-order chi connectivity index (χ0) is 14.6. The number of carboxylic acids is 1. The van der Waals surface area contributed by atoms with Gasteiger partial charge in [-0.1, -0.05) is 19.1 Å². The van der Waals surface area contributed by atoms with Crippen molar-refractivity contribution in [2.45, 2.75) is 26.3 Å². The van der Waals surface area contributed by atoms with Crippen LogP contribution in [-0.4, -0.2) is 28.4 Å². The van der Waals surface area contributed by atoms with Crippen LogP contribution >= 0.6 is 0 Å². The predicted octanol–water partition coefficient (Wildman–Crippen LogP) is 2.35. The molecule has 1 unspecified atom stereocenters. The molecule has 0 aliphatic rings. The van der Waals surface area contributed by atoms with Gasteiger partial charge < -0.3 is 10.0 Å². The van der Waals surface area contributed by atoms with Crippen LogP contribution < -0.4 is 0 Å². The Hall–Kier alpha value is -1.98. The van der Waals surface area contributed by atoms with Crippen LogP contribution in [0.4, 0.5) is 8.78 Å². The normalized spacial score (nSPS) is 12.0. The fourth-order valence-electron chi connectivity index (χ4n) is 1.88. The molecule has 0 radical (unpaired) electrons. The smallest absolute Gasteiger partial charge is 0.331 e. The monoisotopic (exact) mass is 271 g/mol. The molecule has 0 saturated carbocycles. The highest BCUT2D eigenvalue weighted by molar-refractivity contribution is 5.83. The Balaban J connectivity index is 3.30. The molecule has 6 heteroatoms. The number of carbonyl (C=O) groups is 2. The summed E-state index contributed by atoms with van der Waals surface area (Å²) in [5.41, 5.74) is -0.351. The number of carboxylic acid groups (broad SMARTS) is 1. The van der Waals surface area contributed by atoms with Crippen LogP contribution in [0.1, 0.15) is 31.9 Å². The summed E-state index contributed by atoms with van der Waals surface area (Å²) in [5, 5.41) is 9.20. The minimum absolute atomic E-state index is 0.155. The summed E-state index contributed by atoms with van der Waals surface area (Å²) in [6.07, 6.45) is 0.514. The fourth-order valence-corrected chi connectivity index (χ4v) is 1.88. The van der Waals surface area contributed by atoms with Crippen molar-refractivity contribution in [2.75, 3.05) is 6.54 Å². The number of nitrogens with zero attached hydrogens (tertiary/aromatic N) is 1. The molecule has 1 atom stereocenters. The molecule has 4 nitrogen and oxygen atoms in total. The summed E-state index contributed by atoms with van der Waals surface area (Å²) in [4.78, 5) is 23.8. The highest BCUT2D eigenvalue weighted by Crippen LogP contribution is 2.25. The van der Waals surface area contributed by atoms with E-state index in [0.29, 0.717) is 6.42 Å². The van der Waals surface area contributed by atoms with Gasteiger partial charge >= 0.3 is 5.97 Å². The molecule has 0 heterocycles. The molecule has 104 valence electrons. The highest BCUT2D eigenvalue weighted by atomic mass is 19.2. The lowest BCUT2D eigenvalue weighted by Crippen LogP contribution is -2.38. The van der Waals surface area contributed by atoms with Gasteiger partial charge in [-0.25, -0.2) is 13.6 Å². The summed E-state index contributed by atoms with van der Waals surface area (Å²) in [6.45, 7) is 3.11. The van der Waals surface area contributed by atoms with Crippen LogP contribution in [0.15, 0.2) is 18.2 Å². The van der Waals surface area contributed by atoms with E-state index in [0.717, 1.165) is 11.0 Å². The van der Waals surface area contributed by atoms with Crippen LogP contribution in [0.3, 0.4) is 0 Å². The van der Waals surface area contributed by atoms with Gasteiger partial charge in [0.1, 0.15) is 0 Å². The van der Waals surface area contributed by atoms with E-state index in [1.165, 1.54) is 19.1 Å². The summed E-state index contributed by atoms with van der Waals surface area (Å²) in [7, 11) is 0. The molecular formula is C13H15F2NO3. The molecule has 0 fully saturated rings. The molecule has 1 rings (SSSR count). The average Bonchev–Trinajstić information content (AvgIpc) is 2.33. The number of hydrogen-bond acceptors (Lipinski definition) is 2. The summed E-state index contributed by atoms with van der Waals surface area (Å²) in [6, 6.07) is 1.76. The standard InChI is InChI=1S/C13H15F2NO3/c1-3-7-16(8(2)17)12(13(18)19)9-5-4-6-10(14)11(9)15/h4-6,12H,3,7H2,1-2H3,(H,18,19). The molecular weight excluding hydrogens is 256 g/mol. The molecule has 0 bridgehead atoms. The van der Waals surface area contributed by atoms with Crippen molar-refractivity contribution in [1.82, 2.24) is 4.90 Å². The maximum atomic E-state index is 13.7. The van der Waals surface area contributed by atoms with Gasteiger partial charge in [0, 0.05) is 19.0 Å². The third-order valence-electron chi connectivity index (χ3n) is 2.69. The third-order valence-corrected chi connectivity index (χ3v) is 2.69. The van der Waals surface area contributed by atoms with Crippen LogP contribution in [0.5, 0.6) is 0 Å². The molecule has 1 aromatic carbocycles. The number of amides is 1. The van der Waals surface area contributed by atoms with Crippen LogP contribution in [0.25, 0.3) is 0 Å². The Morgan fingerprint density at radius 2 is 2.00 bits per heavy atom. The predicted molar refractivity (Wildman–Crippen MR) is 64.4 cm³/mol. The van der Waals surface area contributed by atoms with Gasteiger partial charge in [-0.15, -0.1) is 0 Å². The SMILES string of the molecule is CCCN(C(C)=O)C(C(=O)O)c1cccc(F)c1F. The highest BCUT2D eigenvalue weighted by Gasteiger charge is 2.32. The molecule has 1 amide bonds. The van der Waals surface area contributed by atoms with Crippen LogP contribution in [0, 0.1) is 11.6 Å². The Morgan fingerprint density at radius 3 is 2.47 bits per heavy atom. The number of halogens is 2. The number of aliphatic carboxylic acids is 1. The zero-order valence-electron chi connectivity index (χ0n) is 10.7. The third kappa shape index (κ3) is 3.27. The first-order valence-corrected chi connectivity index (χ1v) is 5.84. The zero-order valence-corrected chi connectivity index (χ0v) is 10.7. The summed E-state index contributed by atoms with van der Waals surface area (Å²) >= 11 is 0. The van der Waals surface area contributed by atoms with Crippen molar-refractivity contribution >= 4 is 11.9 Å². The Kier molecular flexibility index (Phi) is 4.97. The first kappa shape index (κ1) is 15.1. The van der Waals surface area contributed by atoms with Gasteiger partial charge in [0.15, 0.2) is 17.7 Å². The Labute approximate surface area is 109 Å². The minimum atomic E-state index is -1.52. The van der Waals surface area contributed by atoms with Crippen molar-refractivity contribution in [1.29, 1.82) is 0 Å².